The van der Waals surface area contributed by atoms with Crippen LogP contribution in [-0.2, 0) is 0 Å². The van der Waals surface area contributed by atoms with E-state index in [0.717, 1.165) is 24.9 Å². The third-order valence-corrected chi connectivity index (χ3v) is 3.23. The molecule has 1 fully saturated rings. The molecule has 2 nitrogen and oxygen atoms in total. The van der Waals surface area contributed by atoms with Gasteiger partial charge in [0.05, 0.1) is 0 Å². The fraction of sp³-hybridized carbons (Fsp3) is 1.00. The summed E-state index contributed by atoms with van der Waals surface area (Å²) >= 11 is 0. The molecule has 0 amide bonds. The first kappa shape index (κ1) is 12.0. The zero-order valence-electron chi connectivity index (χ0n) is 9.84. The number of rotatable bonds is 7. The molecule has 0 aromatic heterocycles. The maximum atomic E-state index is 5.57. The fourth-order valence-electron chi connectivity index (χ4n) is 1.95. The maximum Gasteiger partial charge on any atom is 0.00952 e. The van der Waals surface area contributed by atoms with Gasteiger partial charge in [-0.05, 0) is 51.2 Å². The second-order valence-corrected chi connectivity index (χ2v) is 4.95. The molecule has 1 aliphatic carbocycles. The van der Waals surface area contributed by atoms with E-state index < -0.39 is 0 Å². The Labute approximate surface area is 88.8 Å². The van der Waals surface area contributed by atoms with Crippen molar-refractivity contribution in [1.82, 2.24) is 4.90 Å². The van der Waals surface area contributed by atoms with Gasteiger partial charge in [0.1, 0.15) is 0 Å². The quantitative estimate of drug-likeness (QED) is 0.680. The van der Waals surface area contributed by atoms with E-state index in [1.54, 1.807) is 0 Å². The average molecular weight is 198 g/mol. The predicted molar refractivity (Wildman–Crippen MR) is 62.3 cm³/mol. The lowest BCUT2D eigenvalue weighted by atomic mass is 9.91. The van der Waals surface area contributed by atoms with Gasteiger partial charge in [-0.1, -0.05) is 20.3 Å². The highest BCUT2D eigenvalue weighted by molar-refractivity contribution is 4.80. The van der Waals surface area contributed by atoms with E-state index in [0.29, 0.717) is 0 Å². The lowest BCUT2D eigenvalue weighted by molar-refractivity contribution is 0.120. The van der Waals surface area contributed by atoms with Crippen LogP contribution in [-0.4, -0.2) is 30.6 Å². The van der Waals surface area contributed by atoms with Crippen molar-refractivity contribution in [2.45, 2.75) is 52.0 Å². The lowest BCUT2D eigenvalue weighted by Gasteiger charge is -2.38. The zero-order chi connectivity index (χ0) is 10.4. The molecular weight excluding hydrogens is 172 g/mol. The minimum atomic E-state index is 0.829. The smallest absolute Gasteiger partial charge is 0.00952 e. The van der Waals surface area contributed by atoms with Crippen molar-refractivity contribution >= 4 is 0 Å². The fourth-order valence-corrected chi connectivity index (χ4v) is 1.95. The van der Waals surface area contributed by atoms with Crippen LogP contribution in [0.15, 0.2) is 0 Å². The Morgan fingerprint density at radius 3 is 2.43 bits per heavy atom. The molecule has 0 aromatic carbocycles. The Bertz CT molecular complexity index is 141. The van der Waals surface area contributed by atoms with E-state index in [1.165, 1.54) is 38.8 Å². The molecule has 0 spiro atoms. The van der Waals surface area contributed by atoms with Gasteiger partial charge in [0, 0.05) is 6.04 Å². The molecule has 2 N–H and O–H groups in total. The molecule has 2 heteroatoms. The average Bonchev–Trinajstić information content (AvgIpc) is 2.06. The van der Waals surface area contributed by atoms with E-state index in [9.17, 15) is 0 Å². The molecule has 0 atom stereocenters. The highest BCUT2D eigenvalue weighted by Gasteiger charge is 2.23. The Balaban J connectivity index is 2.20. The molecule has 1 aliphatic rings. The van der Waals surface area contributed by atoms with Gasteiger partial charge in [-0.15, -0.1) is 0 Å². The van der Waals surface area contributed by atoms with E-state index in [4.69, 9.17) is 5.73 Å². The SMILES string of the molecule is CC(C)CCN(CCCN)C1CCC1. The van der Waals surface area contributed by atoms with Gasteiger partial charge in [-0.25, -0.2) is 0 Å². The minimum absolute atomic E-state index is 0.829. The van der Waals surface area contributed by atoms with Crippen LogP contribution in [0.2, 0.25) is 0 Å². The standard InChI is InChI=1S/C12H26N2/c1-11(2)7-10-14(9-4-8-13)12-5-3-6-12/h11-12H,3-10,13H2,1-2H3. The van der Waals surface area contributed by atoms with Gasteiger partial charge in [-0.3, -0.25) is 0 Å². The van der Waals surface area contributed by atoms with Crippen molar-refractivity contribution in [3.05, 3.63) is 0 Å². The minimum Gasteiger partial charge on any atom is -0.330 e. The highest BCUT2D eigenvalue weighted by atomic mass is 15.2. The molecule has 0 aliphatic heterocycles. The summed E-state index contributed by atoms with van der Waals surface area (Å²) < 4.78 is 0. The van der Waals surface area contributed by atoms with Crippen LogP contribution in [0, 0.1) is 5.92 Å². The first-order valence-corrected chi connectivity index (χ1v) is 6.18. The van der Waals surface area contributed by atoms with Gasteiger partial charge in [0.2, 0.25) is 0 Å². The molecule has 0 aromatic rings. The Kier molecular flexibility index (Phi) is 5.49. The first-order valence-electron chi connectivity index (χ1n) is 6.18. The Hall–Kier alpha value is -0.0800. The summed E-state index contributed by atoms with van der Waals surface area (Å²) in [6, 6.07) is 0.889. The van der Waals surface area contributed by atoms with E-state index in [1.807, 2.05) is 0 Å². The van der Waals surface area contributed by atoms with E-state index in [2.05, 4.69) is 18.7 Å². The largest absolute Gasteiger partial charge is 0.330 e. The van der Waals surface area contributed by atoms with Crippen molar-refractivity contribution in [2.24, 2.45) is 11.7 Å². The summed E-state index contributed by atoms with van der Waals surface area (Å²) in [6.45, 7) is 7.95. The van der Waals surface area contributed by atoms with Crippen molar-refractivity contribution in [3.8, 4) is 0 Å². The first-order chi connectivity index (χ1) is 6.74. The molecule has 0 unspecified atom stereocenters. The zero-order valence-corrected chi connectivity index (χ0v) is 9.84. The van der Waals surface area contributed by atoms with Crippen LogP contribution in [0.1, 0.15) is 46.0 Å². The van der Waals surface area contributed by atoms with Gasteiger partial charge >= 0.3 is 0 Å². The summed E-state index contributed by atoms with van der Waals surface area (Å²) in [4.78, 5) is 2.66. The monoisotopic (exact) mass is 198 g/mol. The predicted octanol–water partition coefficient (Wildman–Crippen LogP) is 2.24. The van der Waals surface area contributed by atoms with Crippen LogP contribution in [0.5, 0.6) is 0 Å². The molecule has 0 heterocycles. The number of nitrogens with zero attached hydrogens (tertiary/aromatic N) is 1. The van der Waals surface area contributed by atoms with Gasteiger partial charge in [-0.2, -0.15) is 0 Å². The third kappa shape index (κ3) is 3.97. The highest BCUT2D eigenvalue weighted by Crippen LogP contribution is 2.25. The van der Waals surface area contributed by atoms with Crippen molar-refractivity contribution < 1.29 is 0 Å². The summed E-state index contributed by atoms with van der Waals surface area (Å²) in [5.41, 5.74) is 5.57. The summed E-state index contributed by atoms with van der Waals surface area (Å²) in [6.07, 6.45) is 6.77. The summed E-state index contributed by atoms with van der Waals surface area (Å²) in [5.74, 6) is 0.829. The second kappa shape index (κ2) is 6.41. The van der Waals surface area contributed by atoms with Gasteiger partial charge < -0.3 is 10.6 Å². The van der Waals surface area contributed by atoms with E-state index >= 15 is 0 Å². The maximum absolute atomic E-state index is 5.57. The normalized spacial score (nSPS) is 17.8. The molecule has 1 saturated carbocycles. The van der Waals surface area contributed by atoms with Crippen molar-refractivity contribution in [3.63, 3.8) is 0 Å². The van der Waals surface area contributed by atoms with Crippen molar-refractivity contribution in [1.29, 1.82) is 0 Å². The summed E-state index contributed by atoms with van der Waals surface area (Å²) in [5, 5.41) is 0. The molecule has 0 saturated heterocycles. The molecule has 84 valence electrons. The second-order valence-electron chi connectivity index (χ2n) is 4.95. The molecule has 0 bridgehead atoms. The van der Waals surface area contributed by atoms with Crippen LogP contribution < -0.4 is 5.73 Å². The Morgan fingerprint density at radius 2 is 2.00 bits per heavy atom. The van der Waals surface area contributed by atoms with Crippen LogP contribution in [0.3, 0.4) is 0 Å². The topological polar surface area (TPSA) is 29.3 Å². The van der Waals surface area contributed by atoms with Crippen molar-refractivity contribution in [2.75, 3.05) is 19.6 Å². The van der Waals surface area contributed by atoms with Gasteiger partial charge in [0.25, 0.3) is 0 Å². The molecule has 1 rings (SSSR count). The summed E-state index contributed by atoms with van der Waals surface area (Å²) in [7, 11) is 0. The number of hydrogen-bond donors (Lipinski definition) is 1. The molecule has 14 heavy (non-hydrogen) atoms. The van der Waals surface area contributed by atoms with E-state index in [-0.39, 0.29) is 0 Å². The van der Waals surface area contributed by atoms with Gasteiger partial charge in [0.15, 0.2) is 0 Å². The van der Waals surface area contributed by atoms with Crippen LogP contribution in [0.25, 0.3) is 0 Å². The third-order valence-electron chi connectivity index (χ3n) is 3.23. The Morgan fingerprint density at radius 1 is 1.29 bits per heavy atom. The van der Waals surface area contributed by atoms with Crippen LogP contribution in [0.4, 0.5) is 0 Å². The number of hydrogen-bond acceptors (Lipinski definition) is 2. The molecular formula is C12H26N2. The van der Waals surface area contributed by atoms with Crippen LogP contribution >= 0.6 is 0 Å². The lowest BCUT2D eigenvalue weighted by Crippen LogP contribution is -2.42. The molecule has 0 radical (unpaired) electrons. The number of nitrogens with two attached hydrogens (primary N) is 1.